The van der Waals surface area contributed by atoms with Crippen LogP contribution in [0.4, 0.5) is 0 Å². The molecule has 3 nitrogen and oxygen atoms in total. The van der Waals surface area contributed by atoms with Crippen molar-refractivity contribution in [3.8, 4) is 0 Å². The van der Waals surface area contributed by atoms with Crippen LogP contribution in [0.3, 0.4) is 0 Å². The lowest BCUT2D eigenvalue weighted by Crippen LogP contribution is -2.22. The van der Waals surface area contributed by atoms with Crippen LogP contribution in [0.5, 0.6) is 0 Å². The van der Waals surface area contributed by atoms with E-state index in [-0.39, 0.29) is 0 Å². The lowest BCUT2D eigenvalue weighted by molar-refractivity contribution is 0.482. The Labute approximate surface area is 86.0 Å². The Morgan fingerprint density at radius 1 is 1.29 bits per heavy atom. The summed E-state index contributed by atoms with van der Waals surface area (Å²) in [7, 11) is 0. The molecular weight excluding hydrogens is 174 g/mol. The van der Waals surface area contributed by atoms with E-state index in [1.54, 1.807) is 12.4 Å². The fourth-order valence-corrected chi connectivity index (χ4v) is 1.45. The quantitative estimate of drug-likeness (QED) is 0.753. The van der Waals surface area contributed by atoms with Crippen molar-refractivity contribution in [2.75, 3.05) is 6.54 Å². The topological polar surface area (TPSA) is 37.8 Å². The molecule has 0 bridgehead atoms. The number of nitrogens with one attached hydrogen (secondary N) is 1. The van der Waals surface area contributed by atoms with Crippen molar-refractivity contribution in [2.45, 2.75) is 39.2 Å². The zero-order valence-corrected chi connectivity index (χ0v) is 9.03. The van der Waals surface area contributed by atoms with Crippen molar-refractivity contribution in [3.05, 3.63) is 24.3 Å². The van der Waals surface area contributed by atoms with Gasteiger partial charge in [0.2, 0.25) is 0 Å². The first-order valence-corrected chi connectivity index (χ1v) is 5.37. The van der Waals surface area contributed by atoms with Crippen LogP contribution in [0.15, 0.2) is 18.6 Å². The van der Waals surface area contributed by atoms with Gasteiger partial charge in [-0.15, -0.1) is 0 Å². The van der Waals surface area contributed by atoms with Gasteiger partial charge in [0.1, 0.15) is 0 Å². The summed E-state index contributed by atoms with van der Waals surface area (Å²) in [6.45, 7) is 5.41. The second-order valence-electron chi connectivity index (χ2n) is 3.43. The zero-order chi connectivity index (χ0) is 10.2. The maximum atomic E-state index is 4.33. The van der Waals surface area contributed by atoms with E-state index in [0.717, 1.165) is 31.5 Å². The summed E-state index contributed by atoms with van der Waals surface area (Å²) in [6, 6.07) is 0.369. The van der Waals surface area contributed by atoms with Crippen LogP contribution in [-0.4, -0.2) is 16.5 Å². The molecule has 0 amide bonds. The summed E-state index contributed by atoms with van der Waals surface area (Å²) >= 11 is 0. The van der Waals surface area contributed by atoms with Gasteiger partial charge in [-0.3, -0.25) is 9.97 Å². The molecule has 1 unspecified atom stereocenters. The Kier molecular flexibility index (Phi) is 5.15. The number of hydrogen-bond acceptors (Lipinski definition) is 3. The molecule has 1 rings (SSSR count). The summed E-state index contributed by atoms with van der Waals surface area (Å²) in [5, 5.41) is 3.48. The van der Waals surface area contributed by atoms with E-state index < -0.39 is 0 Å². The van der Waals surface area contributed by atoms with Gasteiger partial charge in [0.05, 0.1) is 11.7 Å². The molecule has 0 fully saturated rings. The molecular formula is C11H19N3. The van der Waals surface area contributed by atoms with E-state index in [1.165, 1.54) is 0 Å². The second kappa shape index (κ2) is 6.49. The summed E-state index contributed by atoms with van der Waals surface area (Å²) in [5.41, 5.74) is 1.06. The monoisotopic (exact) mass is 193 g/mol. The third-order valence-electron chi connectivity index (χ3n) is 2.16. The minimum atomic E-state index is 0.369. The van der Waals surface area contributed by atoms with Crippen LogP contribution in [0.25, 0.3) is 0 Å². The van der Waals surface area contributed by atoms with Crippen molar-refractivity contribution in [1.29, 1.82) is 0 Å². The van der Waals surface area contributed by atoms with Crippen molar-refractivity contribution in [3.63, 3.8) is 0 Å². The molecule has 0 saturated heterocycles. The van der Waals surface area contributed by atoms with Gasteiger partial charge in [0.15, 0.2) is 0 Å². The molecule has 1 atom stereocenters. The van der Waals surface area contributed by atoms with Gasteiger partial charge >= 0.3 is 0 Å². The summed E-state index contributed by atoms with van der Waals surface area (Å²) < 4.78 is 0. The predicted molar refractivity (Wildman–Crippen MR) is 58.0 cm³/mol. The van der Waals surface area contributed by atoms with Gasteiger partial charge in [-0.05, 0) is 19.4 Å². The van der Waals surface area contributed by atoms with Gasteiger partial charge in [0, 0.05) is 18.6 Å². The van der Waals surface area contributed by atoms with E-state index in [0.29, 0.717) is 6.04 Å². The van der Waals surface area contributed by atoms with E-state index in [9.17, 15) is 0 Å². The molecule has 1 heterocycles. The summed E-state index contributed by atoms with van der Waals surface area (Å²) in [6.07, 6.45) is 8.76. The summed E-state index contributed by atoms with van der Waals surface area (Å²) in [5.74, 6) is 0. The molecule has 0 radical (unpaired) electrons. The van der Waals surface area contributed by atoms with E-state index in [1.807, 2.05) is 6.20 Å². The maximum Gasteiger partial charge on any atom is 0.0756 e. The SMILES string of the molecule is CCCNC(CCC)c1cnccn1. The van der Waals surface area contributed by atoms with Crippen LogP contribution >= 0.6 is 0 Å². The van der Waals surface area contributed by atoms with E-state index >= 15 is 0 Å². The molecule has 1 aromatic rings. The minimum Gasteiger partial charge on any atom is -0.309 e. The van der Waals surface area contributed by atoms with Crippen LogP contribution in [0.2, 0.25) is 0 Å². The van der Waals surface area contributed by atoms with E-state index in [2.05, 4.69) is 29.1 Å². The molecule has 0 aliphatic carbocycles. The number of nitrogens with zero attached hydrogens (tertiary/aromatic N) is 2. The van der Waals surface area contributed by atoms with Crippen LogP contribution in [0.1, 0.15) is 44.8 Å². The lowest BCUT2D eigenvalue weighted by atomic mass is 10.1. The van der Waals surface area contributed by atoms with Gasteiger partial charge in [-0.25, -0.2) is 0 Å². The number of aromatic nitrogens is 2. The predicted octanol–water partition coefficient (Wildman–Crippen LogP) is 2.32. The molecule has 78 valence electrons. The van der Waals surface area contributed by atoms with Gasteiger partial charge in [0.25, 0.3) is 0 Å². The fourth-order valence-electron chi connectivity index (χ4n) is 1.45. The molecule has 0 aliphatic heterocycles. The normalized spacial score (nSPS) is 12.7. The highest BCUT2D eigenvalue weighted by Gasteiger charge is 2.09. The molecule has 14 heavy (non-hydrogen) atoms. The standard InChI is InChI=1S/C11H19N3/c1-3-5-10(13-6-4-2)11-9-12-7-8-14-11/h7-10,13H,3-6H2,1-2H3. The maximum absolute atomic E-state index is 4.33. The first kappa shape index (κ1) is 11.1. The molecule has 0 saturated carbocycles. The first-order chi connectivity index (χ1) is 6.88. The molecule has 1 aromatic heterocycles. The first-order valence-electron chi connectivity index (χ1n) is 5.37. The molecule has 0 aromatic carbocycles. The van der Waals surface area contributed by atoms with Gasteiger partial charge < -0.3 is 5.32 Å². The van der Waals surface area contributed by atoms with Crippen LogP contribution in [0, 0.1) is 0 Å². The van der Waals surface area contributed by atoms with Crippen molar-refractivity contribution in [2.24, 2.45) is 0 Å². The highest BCUT2D eigenvalue weighted by atomic mass is 14.9. The Hall–Kier alpha value is -0.960. The number of rotatable bonds is 6. The Balaban J connectivity index is 2.58. The Bertz CT molecular complexity index is 236. The Morgan fingerprint density at radius 2 is 2.14 bits per heavy atom. The molecule has 0 spiro atoms. The summed E-state index contributed by atoms with van der Waals surface area (Å²) in [4.78, 5) is 8.42. The molecule has 3 heteroatoms. The van der Waals surface area contributed by atoms with Gasteiger partial charge in [-0.1, -0.05) is 20.3 Å². The zero-order valence-electron chi connectivity index (χ0n) is 9.03. The van der Waals surface area contributed by atoms with E-state index in [4.69, 9.17) is 0 Å². The fraction of sp³-hybridized carbons (Fsp3) is 0.636. The smallest absolute Gasteiger partial charge is 0.0756 e. The van der Waals surface area contributed by atoms with Crippen molar-refractivity contribution >= 4 is 0 Å². The van der Waals surface area contributed by atoms with Crippen LogP contribution < -0.4 is 5.32 Å². The molecule has 1 N–H and O–H groups in total. The lowest BCUT2D eigenvalue weighted by Gasteiger charge is -2.16. The highest BCUT2D eigenvalue weighted by molar-refractivity contribution is 5.01. The third kappa shape index (κ3) is 3.42. The number of hydrogen-bond donors (Lipinski definition) is 1. The Morgan fingerprint density at radius 3 is 2.71 bits per heavy atom. The van der Waals surface area contributed by atoms with Crippen LogP contribution in [-0.2, 0) is 0 Å². The minimum absolute atomic E-state index is 0.369. The largest absolute Gasteiger partial charge is 0.309 e. The molecule has 0 aliphatic rings. The average molecular weight is 193 g/mol. The highest BCUT2D eigenvalue weighted by Crippen LogP contribution is 2.14. The van der Waals surface area contributed by atoms with Crippen molar-refractivity contribution in [1.82, 2.24) is 15.3 Å². The van der Waals surface area contributed by atoms with Gasteiger partial charge in [-0.2, -0.15) is 0 Å². The average Bonchev–Trinajstić information content (AvgIpc) is 2.25. The second-order valence-corrected chi connectivity index (χ2v) is 3.43. The van der Waals surface area contributed by atoms with Crippen molar-refractivity contribution < 1.29 is 0 Å². The third-order valence-corrected chi connectivity index (χ3v) is 2.16.